The maximum Gasteiger partial charge on any atom is 0.0602 e. The number of methoxy groups -OCH3 is 1. The van der Waals surface area contributed by atoms with Gasteiger partial charge >= 0.3 is 0 Å². The highest BCUT2D eigenvalue weighted by molar-refractivity contribution is 6.31. The highest BCUT2D eigenvalue weighted by Gasteiger charge is 2.41. The van der Waals surface area contributed by atoms with E-state index in [4.69, 9.17) is 16.3 Å². The van der Waals surface area contributed by atoms with Crippen molar-refractivity contribution in [3.63, 3.8) is 0 Å². The van der Waals surface area contributed by atoms with Gasteiger partial charge in [-0.05, 0) is 44.5 Å². The third kappa shape index (κ3) is 3.78. The molecule has 1 aromatic carbocycles. The van der Waals surface area contributed by atoms with E-state index in [1.165, 1.54) is 24.8 Å². The second-order valence-electron chi connectivity index (χ2n) is 5.80. The van der Waals surface area contributed by atoms with Gasteiger partial charge in [0.05, 0.1) is 5.54 Å². The zero-order valence-electron chi connectivity index (χ0n) is 13.1. The van der Waals surface area contributed by atoms with Crippen molar-refractivity contribution in [3.8, 4) is 0 Å². The van der Waals surface area contributed by atoms with Crippen LogP contribution >= 0.6 is 11.6 Å². The minimum atomic E-state index is -0.0658. The fraction of sp³-hybridized carbons (Fsp3) is 0.647. The van der Waals surface area contributed by atoms with Crippen LogP contribution in [0.1, 0.15) is 37.7 Å². The van der Waals surface area contributed by atoms with Crippen LogP contribution in [-0.4, -0.2) is 33.4 Å². The molecular weight excluding hydrogens is 284 g/mol. The van der Waals surface area contributed by atoms with Gasteiger partial charge in [0.15, 0.2) is 0 Å². The molecule has 0 aromatic heterocycles. The van der Waals surface area contributed by atoms with Crippen molar-refractivity contribution in [1.82, 2.24) is 10.6 Å². The molecule has 0 spiro atoms. The number of rotatable bonds is 7. The minimum Gasteiger partial charge on any atom is -0.385 e. The molecule has 0 bridgehead atoms. The highest BCUT2D eigenvalue weighted by Crippen LogP contribution is 2.40. The Labute approximate surface area is 133 Å². The third-order valence-electron chi connectivity index (χ3n) is 4.63. The van der Waals surface area contributed by atoms with Crippen molar-refractivity contribution in [2.45, 2.75) is 43.7 Å². The monoisotopic (exact) mass is 310 g/mol. The zero-order chi connectivity index (χ0) is 15.1. The van der Waals surface area contributed by atoms with Crippen molar-refractivity contribution >= 4 is 11.6 Å². The van der Waals surface area contributed by atoms with E-state index in [9.17, 15) is 0 Å². The lowest BCUT2D eigenvalue weighted by atomic mass is 9.72. The molecule has 1 saturated carbocycles. The number of ether oxygens (including phenoxy) is 1. The molecule has 1 aliphatic rings. The first-order chi connectivity index (χ1) is 10.2. The molecule has 1 aromatic rings. The molecule has 0 saturated heterocycles. The van der Waals surface area contributed by atoms with Gasteiger partial charge in [0.25, 0.3) is 0 Å². The quantitative estimate of drug-likeness (QED) is 0.758. The van der Waals surface area contributed by atoms with E-state index in [2.05, 4.69) is 29.8 Å². The van der Waals surface area contributed by atoms with Crippen molar-refractivity contribution < 1.29 is 4.74 Å². The summed E-state index contributed by atoms with van der Waals surface area (Å²) in [4.78, 5) is 0. The Morgan fingerprint density at radius 2 is 2.14 bits per heavy atom. The van der Waals surface area contributed by atoms with Crippen LogP contribution in [0.3, 0.4) is 0 Å². The van der Waals surface area contributed by atoms with E-state index < -0.39 is 0 Å². The van der Waals surface area contributed by atoms with Gasteiger partial charge in [-0.2, -0.15) is 0 Å². The van der Waals surface area contributed by atoms with Crippen LogP contribution in [0, 0.1) is 0 Å². The number of benzene rings is 1. The largest absolute Gasteiger partial charge is 0.385 e. The molecule has 2 rings (SSSR count). The second kappa shape index (κ2) is 8.14. The summed E-state index contributed by atoms with van der Waals surface area (Å²) in [7, 11) is 3.81. The molecule has 0 aliphatic heterocycles. The summed E-state index contributed by atoms with van der Waals surface area (Å²) in [5.41, 5.74) is 1.15. The molecule has 0 radical (unpaired) electrons. The number of nitrogens with one attached hydrogen (secondary N) is 2. The summed E-state index contributed by atoms with van der Waals surface area (Å²) in [6.07, 6.45) is 5.85. The normalized spacial score (nSPS) is 26.0. The van der Waals surface area contributed by atoms with Gasteiger partial charge in [0.1, 0.15) is 0 Å². The van der Waals surface area contributed by atoms with Crippen LogP contribution < -0.4 is 10.6 Å². The van der Waals surface area contributed by atoms with Gasteiger partial charge in [-0.25, -0.2) is 0 Å². The van der Waals surface area contributed by atoms with Crippen LogP contribution in [0.4, 0.5) is 0 Å². The van der Waals surface area contributed by atoms with Crippen molar-refractivity contribution in [2.75, 3.05) is 27.3 Å². The highest BCUT2D eigenvalue weighted by atomic mass is 35.5. The summed E-state index contributed by atoms with van der Waals surface area (Å²) in [6, 6.07) is 8.64. The molecule has 2 atom stereocenters. The standard InChI is InChI=1S/C17H27ClN2O/c1-19-17(14-8-3-4-9-15(14)18)11-6-5-10-16(17)20-12-7-13-21-2/h3-4,8-9,16,19-20H,5-7,10-13H2,1-2H3/t16-,17-/m1/s1. The first kappa shape index (κ1) is 16.8. The minimum absolute atomic E-state index is 0.0658. The van der Waals surface area contributed by atoms with Crippen LogP contribution in [-0.2, 0) is 10.3 Å². The maximum atomic E-state index is 6.49. The molecule has 0 heterocycles. The van der Waals surface area contributed by atoms with E-state index in [1.807, 2.05) is 12.1 Å². The summed E-state index contributed by atoms with van der Waals surface area (Å²) in [5, 5.41) is 8.17. The van der Waals surface area contributed by atoms with E-state index in [0.717, 1.165) is 31.0 Å². The Morgan fingerprint density at radius 1 is 1.33 bits per heavy atom. The number of hydrogen-bond donors (Lipinski definition) is 2. The smallest absolute Gasteiger partial charge is 0.0602 e. The molecule has 2 N–H and O–H groups in total. The molecular formula is C17H27ClN2O. The molecule has 1 aliphatic carbocycles. The van der Waals surface area contributed by atoms with E-state index >= 15 is 0 Å². The predicted octanol–water partition coefficient (Wildman–Crippen LogP) is 3.32. The van der Waals surface area contributed by atoms with Gasteiger partial charge < -0.3 is 15.4 Å². The number of halogens is 1. The van der Waals surface area contributed by atoms with E-state index in [-0.39, 0.29) is 5.54 Å². The van der Waals surface area contributed by atoms with Crippen molar-refractivity contribution in [2.24, 2.45) is 0 Å². The van der Waals surface area contributed by atoms with Gasteiger partial charge in [0.2, 0.25) is 0 Å². The zero-order valence-corrected chi connectivity index (χ0v) is 13.9. The Hall–Kier alpha value is -0.610. The molecule has 1 fully saturated rings. The fourth-order valence-corrected chi connectivity index (χ4v) is 3.83. The van der Waals surface area contributed by atoms with Gasteiger partial charge in [-0.3, -0.25) is 0 Å². The SMILES string of the molecule is CN[C@@]1(c2ccccc2Cl)CCCC[C@H]1NCCCOC. The Morgan fingerprint density at radius 3 is 2.86 bits per heavy atom. The molecule has 3 nitrogen and oxygen atoms in total. The molecule has 118 valence electrons. The molecule has 0 amide bonds. The summed E-state index contributed by atoms with van der Waals surface area (Å²) >= 11 is 6.49. The summed E-state index contributed by atoms with van der Waals surface area (Å²) < 4.78 is 5.14. The lowest BCUT2D eigenvalue weighted by Crippen LogP contribution is -2.58. The van der Waals surface area contributed by atoms with Gasteiger partial charge in [-0.15, -0.1) is 0 Å². The van der Waals surface area contributed by atoms with E-state index in [1.54, 1.807) is 7.11 Å². The average Bonchev–Trinajstić information content (AvgIpc) is 2.52. The van der Waals surface area contributed by atoms with Crippen LogP contribution in [0.25, 0.3) is 0 Å². The topological polar surface area (TPSA) is 33.3 Å². The van der Waals surface area contributed by atoms with Crippen molar-refractivity contribution in [3.05, 3.63) is 34.9 Å². The van der Waals surface area contributed by atoms with Crippen molar-refractivity contribution in [1.29, 1.82) is 0 Å². The third-order valence-corrected chi connectivity index (χ3v) is 4.95. The van der Waals surface area contributed by atoms with Gasteiger partial charge in [0, 0.05) is 24.8 Å². The second-order valence-corrected chi connectivity index (χ2v) is 6.21. The predicted molar refractivity (Wildman–Crippen MR) is 88.9 cm³/mol. The van der Waals surface area contributed by atoms with Crippen LogP contribution in [0.2, 0.25) is 5.02 Å². The molecule has 4 heteroatoms. The average molecular weight is 311 g/mol. The fourth-order valence-electron chi connectivity index (χ4n) is 3.52. The lowest BCUT2D eigenvalue weighted by molar-refractivity contribution is 0.164. The molecule has 21 heavy (non-hydrogen) atoms. The molecule has 0 unspecified atom stereocenters. The number of hydrogen-bond acceptors (Lipinski definition) is 3. The van der Waals surface area contributed by atoms with Gasteiger partial charge in [-0.1, -0.05) is 42.6 Å². The Bertz CT molecular complexity index is 441. The first-order valence-corrected chi connectivity index (χ1v) is 8.28. The van der Waals surface area contributed by atoms with Crippen LogP contribution in [0.15, 0.2) is 24.3 Å². The lowest BCUT2D eigenvalue weighted by Gasteiger charge is -2.45. The van der Waals surface area contributed by atoms with Crippen LogP contribution in [0.5, 0.6) is 0 Å². The number of likely N-dealkylation sites (N-methyl/N-ethyl adjacent to an activating group) is 1. The summed E-state index contributed by atoms with van der Waals surface area (Å²) in [6.45, 7) is 1.78. The summed E-state index contributed by atoms with van der Waals surface area (Å²) in [5.74, 6) is 0. The first-order valence-electron chi connectivity index (χ1n) is 7.91. The Balaban J connectivity index is 2.18. The Kier molecular flexibility index (Phi) is 6.49. The maximum absolute atomic E-state index is 6.49. The van der Waals surface area contributed by atoms with E-state index in [0.29, 0.717) is 6.04 Å².